The fraction of sp³-hybridized carbons (Fsp3) is 0.333. The van der Waals surface area contributed by atoms with Gasteiger partial charge < -0.3 is 34.6 Å². The molecule has 5 aromatic rings. The Balaban J connectivity index is 1.29. The highest BCUT2D eigenvalue weighted by Crippen LogP contribution is 2.62. The normalized spacial score (nSPS) is 22.4. The van der Waals surface area contributed by atoms with Crippen LogP contribution in [0.3, 0.4) is 0 Å². The maximum Gasteiger partial charge on any atom is 0.252 e. The topological polar surface area (TPSA) is 152 Å². The average molecular weight is 868 g/mol. The molecule has 1 spiro atoms. The van der Waals surface area contributed by atoms with E-state index in [0.717, 1.165) is 55.5 Å². The molecule has 13 heteroatoms. The third-order valence-corrected chi connectivity index (χ3v) is 13.1. The van der Waals surface area contributed by atoms with Gasteiger partial charge in [-0.3, -0.25) is 9.59 Å². The summed E-state index contributed by atoms with van der Waals surface area (Å²) in [5.74, 6) is 0.994. The number of ether oxygens (including phenoxy) is 1. The van der Waals surface area contributed by atoms with Crippen molar-refractivity contribution in [2.24, 2.45) is 5.92 Å². The van der Waals surface area contributed by atoms with Gasteiger partial charge in [0.15, 0.2) is 28.0 Å². The molecule has 280 valence electrons. The molecule has 11 nitrogen and oxygen atoms in total. The molecule has 55 heavy (non-hydrogen) atoms. The van der Waals surface area contributed by atoms with Crippen LogP contribution in [-0.4, -0.2) is 44.8 Å². The molecule has 6 heterocycles. The third kappa shape index (κ3) is 4.81. The number of hydrogen-bond acceptors (Lipinski definition) is 9. The molecule has 0 radical (unpaired) electrons. The quantitative estimate of drug-likeness (QED) is 0.139. The van der Waals surface area contributed by atoms with Gasteiger partial charge in [0, 0.05) is 38.8 Å². The van der Waals surface area contributed by atoms with Crippen LogP contribution in [0.5, 0.6) is 5.75 Å². The van der Waals surface area contributed by atoms with E-state index < -0.39 is 41.1 Å². The highest BCUT2D eigenvalue weighted by atomic mass is 79.9. The molecule has 5 aliphatic rings. The molecular formula is C42H37Br2N5O6. The SMILES string of the molecule is CCC(O)(CC)C(=O)NC1Cc2ccc3c(c2)C24c5cc(Br)cc(c5N[C@H]2O3)-c2cccc3c2C(=CC3)c2oc(nc2Br)-c2nc(oc24)[C@H](C(C)C)NC1=O. The number of halogens is 2. The van der Waals surface area contributed by atoms with E-state index >= 15 is 0 Å². The molecule has 4 aliphatic heterocycles. The van der Waals surface area contributed by atoms with E-state index in [1.807, 2.05) is 32.0 Å². The summed E-state index contributed by atoms with van der Waals surface area (Å²) in [4.78, 5) is 38.0. The first-order valence-electron chi connectivity index (χ1n) is 18.7. The number of aliphatic hydroxyl groups is 1. The summed E-state index contributed by atoms with van der Waals surface area (Å²) in [6.07, 6.45) is 2.80. The maximum atomic E-state index is 14.3. The van der Waals surface area contributed by atoms with Crippen molar-refractivity contribution < 1.29 is 28.3 Å². The maximum absolute atomic E-state index is 14.3. The van der Waals surface area contributed by atoms with E-state index in [1.54, 1.807) is 13.8 Å². The first kappa shape index (κ1) is 34.7. The average Bonchev–Trinajstić information content (AvgIpc) is 3.99. The van der Waals surface area contributed by atoms with Crippen molar-refractivity contribution >= 4 is 54.9 Å². The van der Waals surface area contributed by atoms with Crippen LogP contribution in [0.25, 0.3) is 28.3 Å². The van der Waals surface area contributed by atoms with Crippen molar-refractivity contribution in [1.82, 2.24) is 20.6 Å². The number of oxazole rings is 2. The van der Waals surface area contributed by atoms with Crippen LogP contribution in [-0.2, 0) is 27.8 Å². The van der Waals surface area contributed by atoms with Crippen LogP contribution in [0.15, 0.2) is 72.5 Å². The molecule has 0 fully saturated rings. The van der Waals surface area contributed by atoms with Crippen LogP contribution in [0.2, 0.25) is 0 Å². The Kier molecular flexibility index (Phi) is 7.67. The minimum absolute atomic E-state index is 0.157. The second-order valence-corrected chi connectivity index (χ2v) is 17.1. The summed E-state index contributed by atoms with van der Waals surface area (Å²) in [7, 11) is 0. The lowest BCUT2D eigenvalue weighted by Crippen LogP contribution is -2.55. The van der Waals surface area contributed by atoms with Crippen molar-refractivity contribution in [3.05, 3.63) is 109 Å². The van der Waals surface area contributed by atoms with Crippen molar-refractivity contribution in [1.29, 1.82) is 0 Å². The summed E-state index contributed by atoms with van der Waals surface area (Å²) in [5, 5.41) is 21.0. The number of benzene rings is 3. The van der Waals surface area contributed by atoms with Crippen molar-refractivity contribution in [3.8, 4) is 28.5 Å². The Hall–Kier alpha value is -4.72. The van der Waals surface area contributed by atoms with Crippen LogP contribution < -0.4 is 20.7 Å². The van der Waals surface area contributed by atoms with Gasteiger partial charge in [-0.15, -0.1) is 0 Å². The third-order valence-electron chi connectivity index (χ3n) is 12.1. The summed E-state index contributed by atoms with van der Waals surface area (Å²) in [6.45, 7) is 7.45. The molecule has 4 N–H and O–H groups in total. The standard InChI is InChI=1S/C42H37Br2N5O6/c1-5-41(52,6-2)39(51)45-27-15-19-10-13-28-25(14-19)42-26-17-21(43)16-24(31(26)48-40(42)53-28)22-9-7-8-20-11-12-23(29(20)22)33-35(44)49-38(54-33)32-34(42)55-37(47-32)30(18(3)4)46-36(27)50/h7-10,12-14,16-18,27,30,40,48,52H,5-6,11,15H2,1-4H3,(H,45,51)(H,46,50)/t27?,30-,40-,42?/m0/s1. The lowest BCUT2D eigenvalue weighted by atomic mass is 9.72. The predicted octanol–water partition coefficient (Wildman–Crippen LogP) is 7.71. The van der Waals surface area contributed by atoms with Crippen molar-refractivity contribution in [2.75, 3.05) is 5.32 Å². The lowest BCUT2D eigenvalue weighted by molar-refractivity contribution is -0.143. The Morgan fingerprint density at radius 1 is 1.05 bits per heavy atom. The largest absolute Gasteiger partial charge is 0.469 e. The predicted molar refractivity (Wildman–Crippen MR) is 211 cm³/mol. The minimum atomic E-state index is -1.62. The van der Waals surface area contributed by atoms with Crippen LogP contribution >= 0.6 is 31.9 Å². The van der Waals surface area contributed by atoms with Gasteiger partial charge in [0.2, 0.25) is 11.8 Å². The number of nitrogens with one attached hydrogen (secondary N) is 3. The number of allylic oxidation sites excluding steroid dienone is 1. The smallest absolute Gasteiger partial charge is 0.252 e. The molecule has 2 amide bonds. The van der Waals surface area contributed by atoms with Gasteiger partial charge in [-0.2, -0.15) is 0 Å². The number of hydrogen-bond donors (Lipinski definition) is 4. The van der Waals surface area contributed by atoms with Gasteiger partial charge >= 0.3 is 0 Å². The summed E-state index contributed by atoms with van der Waals surface area (Å²) in [5.41, 5.74) is 6.27. The molecule has 4 atom stereocenters. The zero-order valence-electron chi connectivity index (χ0n) is 30.5. The summed E-state index contributed by atoms with van der Waals surface area (Å²) < 4.78 is 22.1. The van der Waals surface area contributed by atoms with Gasteiger partial charge in [0.25, 0.3) is 11.8 Å². The van der Waals surface area contributed by atoms with Crippen LogP contribution in [0.4, 0.5) is 5.69 Å². The number of aromatic nitrogens is 2. The van der Waals surface area contributed by atoms with Crippen molar-refractivity contribution in [3.63, 3.8) is 0 Å². The number of nitrogens with zero attached hydrogens (tertiary/aromatic N) is 2. The molecule has 0 saturated carbocycles. The molecule has 3 aromatic carbocycles. The number of carbonyl (C=O) groups excluding carboxylic acids is 2. The van der Waals surface area contributed by atoms with E-state index in [2.05, 4.69) is 84.2 Å². The Labute approximate surface area is 333 Å². The Morgan fingerprint density at radius 3 is 2.65 bits per heavy atom. The van der Waals surface area contributed by atoms with Crippen LogP contribution in [0, 0.1) is 5.92 Å². The zero-order chi connectivity index (χ0) is 38.1. The van der Waals surface area contributed by atoms with E-state index in [9.17, 15) is 14.7 Å². The second kappa shape index (κ2) is 12.1. The van der Waals surface area contributed by atoms with E-state index in [4.69, 9.17) is 23.5 Å². The van der Waals surface area contributed by atoms with Crippen molar-refractivity contribution in [2.45, 2.75) is 82.7 Å². The molecule has 2 unspecified atom stereocenters. The molecular weight excluding hydrogens is 830 g/mol. The molecule has 10 rings (SSSR count). The van der Waals surface area contributed by atoms with Gasteiger partial charge in [-0.05, 0) is 81.6 Å². The number of rotatable bonds is 5. The number of amides is 2. The molecule has 2 aromatic heterocycles. The number of anilines is 1. The van der Waals surface area contributed by atoms with Crippen LogP contribution in [0.1, 0.15) is 91.8 Å². The number of carbonyl (C=O) groups is 2. The van der Waals surface area contributed by atoms with E-state index in [1.165, 1.54) is 5.56 Å². The monoisotopic (exact) mass is 865 g/mol. The second-order valence-electron chi connectivity index (χ2n) is 15.4. The highest BCUT2D eigenvalue weighted by Gasteiger charge is 2.62. The highest BCUT2D eigenvalue weighted by molar-refractivity contribution is 9.10. The Morgan fingerprint density at radius 2 is 1.87 bits per heavy atom. The molecule has 0 saturated heterocycles. The minimum Gasteiger partial charge on any atom is -0.469 e. The Bertz CT molecular complexity index is 2530. The van der Waals surface area contributed by atoms with Gasteiger partial charge in [0.05, 0.1) is 0 Å². The summed E-state index contributed by atoms with van der Waals surface area (Å²) >= 11 is 7.63. The van der Waals surface area contributed by atoms with E-state index in [0.29, 0.717) is 27.6 Å². The molecule has 1 aliphatic carbocycles. The van der Waals surface area contributed by atoms with Gasteiger partial charge in [-0.1, -0.05) is 80.0 Å². The zero-order valence-corrected chi connectivity index (χ0v) is 33.6. The fourth-order valence-electron chi connectivity index (χ4n) is 9.04. The first-order valence-corrected chi connectivity index (χ1v) is 20.3. The fourth-order valence-corrected chi connectivity index (χ4v) is 9.95. The molecule has 10 bridgehead atoms. The summed E-state index contributed by atoms with van der Waals surface area (Å²) in [6, 6.07) is 14.7. The first-order chi connectivity index (χ1) is 26.4. The van der Waals surface area contributed by atoms with Gasteiger partial charge in [-0.25, -0.2) is 9.97 Å². The van der Waals surface area contributed by atoms with Gasteiger partial charge in [0.1, 0.15) is 28.8 Å². The lowest BCUT2D eigenvalue weighted by Gasteiger charge is -2.30. The van der Waals surface area contributed by atoms with E-state index in [-0.39, 0.29) is 37.0 Å². The number of fused-ring (bicyclic) bond motifs is 7.